The van der Waals surface area contributed by atoms with Crippen LogP contribution in [0.25, 0.3) is 10.9 Å². The van der Waals surface area contributed by atoms with E-state index in [-0.39, 0.29) is 5.91 Å². The number of aromatic nitrogens is 1. The highest BCUT2D eigenvalue weighted by Crippen LogP contribution is 2.49. The summed E-state index contributed by atoms with van der Waals surface area (Å²) < 4.78 is 2.12. The molecule has 1 aromatic heterocycles. The minimum absolute atomic E-state index is 0.0455. The lowest BCUT2D eigenvalue weighted by Crippen LogP contribution is -2.43. The number of carbonyl (C=O) groups excluding carboxylic acids is 1. The van der Waals surface area contributed by atoms with Gasteiger partial charge in [0.2, 0.25) is 0 Å². The standard InChI is InChI=1S/C21H27ClN2O/c1-2-12-24-13-17(16-4-3-5-18(22)19(16)24)20(25)23-14-21-9-6-15(7-10-21)8-11-21/h3-5,13,15H,2,6-12,14H2,1H3,(H,23,25). The number of fused-ring (bicyclic) bond motifs is 4. The van der Waals surface area contributed by atoms with Crippen LogP contribution in [0.1, 0.15) is 62.2 Å². The number of amides is 1. The van der Waals surface area contributed by atoms with Crippen molar-refractivity contribution >= 4 is 28.4 Å². The zero-order valence-electron chi connectivity index (χ0n) is 15.0. The summed E-state index contributed by atoms with van der Waals surface area (Å²) in [4.78, 5) is 12.9. The van der Waals surface area contributed by atoms with E-state index >= 15 is 0 Å². The largest absolute Gasteiger partial charge is 0.351 e. The highest BCUT2D eigenvalue weighted by molar-refractivity contribution is 6.35. The van der Waals surface area contributed by atoms with E-state index in [0.717, 1.165) is 41.9 Å². The van der Waals surface area contributed by atoms with Gasteiger partial charge in [0, 0.05) is 24.7 Å². The second kappa shape index (κ2) is 6.68. The number of benzene rings is 1. The molecule has 1 N–H and O–H groups in total. The van der Waals surface area contributed by atoms with Crippen LogP contribution in [0, 0.1) is 11.3 Å². The van der Waals surface area contributed by atoms with Crippen molar-refractivity contribution in [3.8, 4) is 0 Å². The SMILES string of the molecule is CCCn1cc(C(=O)NCC23CCC(CC2)CC3)c2cccc(Cl)c21. The maximum absolute atomic E-state index is 12.9. The van der Waals surface area contributed by atoms with Crippen LogP contribution in [0.3, 0.4) is 0 Å². The summed E-state index contributed by atoms with van der Waals surface area (Å²) in [5, 5.41) is 4.93. The number of aryl methyl sites for hydroxylation is 1. The van der Waals surface area contributed by atoms with Crippen molar-refractivity contribution in [1.29, 1.82) is 0 Å². The Balaban J connectivity index is 1.57. The molecule has 0 radical (unpaired) electrons. The van der Waals surface area contributed by atoms with Gasteiger partial charge in [-0.1, -0.05) is 30.7 Å². The van der Waals surface area contributed by atoms with E-state index in [0.29, 0.717) is 10.4 Å². The first-order chi connectivity index (χ1) is 12.1. The Kier molecular flexibility index (Phi) is 4.53. The Bertz CT molecular complexity index is 773. The molecule has 2 bridgehead atoms. The van der Waals surface area contributed by atoms with Gasteiger partial charge in [0.1, 0.15) is 0 Å². The molecule has 0 atom stereocenters. The van der Waals surface area contributed by atoms with Crippen LogP contribution in [0.5, 0.6) is 0 Å². The lowest BCUT2D eigenvalue weighted by Gasteiger charge is -2.46. The van der Waals surface area contributed by atoms with Gasteiger partial charge in [-0.3, -0.25) is 4.79 Å². The summed E-state index contributed by atoms with van der Waals surface area (Å²) in [6, 6.07) is 5.84. The van der Waals surface area contributed by atoms with Crippen molar-refractivity contribution in [1.82, 2.24) is 9.88 Å². The Hall–Kier alpha value is -1.48. The summed E-state index contributed by atoms with van der Waals surface area (Å²) in [6.45, 7) is 3.83. The molecule has 3 fully saturated rings. The monoisotopic (exact) mass is 358 g/mol. The molecule has 5 rings (SSSR count). The second-order valence-electron chi connectivity index (χ2n) is 8.04. The fourth-order valence-electron chi connectivity index (χ4n) is 4.88. The molecule has 134 valence electrons. The Labute approximate surface area is 154 Å². The first kappa shape index (κ1) is 17.0. The van der Waals surface area contributed by atoms with Crippen LogP contribution in [0.2, 0.25) is 5.02 Å². The zero-order chi connectivity index (χ0) is 17.4. The van der Waals surface area contributed by atoms with Crippen LogP contribution < -0.4 is 5.32 Å². The fourth-order valence-corrected chi connectivity index (χ4v) is 5.16. The van der Waals surface area contributed by atoms with Crippen molar-refractivity contribution in [3.63, 3.8) is 0 Å². The number of hydrogen-bond donors (Lipinski definition) is 1. The van der Waals surface area contributed by atoms with Gasteiger partial charge in [-0.05, 0) is 62.3 Å². The maximum atomic E-state index is 12.9. The Morgan fingerprint density at radius 3 is 2.68 bits per heavy atom. The molecule has 1 amide bonds. The number of halogens is 1. The number of hydrogen-bond acceptors (Lipinski definition) is 1. The third-order valence-electron chi connectivity index (χ3n) is 6.43. The van der Waals surface area contributed by atoms with E-state index < -0.39 is 0 Å². The molecule has 3 aliphatic rings. The molecule has 25 heavy (non-hydrogen) atoms. The van der Waals surface area contributed by atoms with Gasteiger partial charge in [0.15, 0.2) is 0 Å². The molecule has 1 heterocycles. The average molecular weight is 359 g/mol. The van der Waals surface area contributed by atoms with E-state index in [1.165, 1.54) is 38.5 Å². The van der Waals surface area contributed by atoms with Crippen LogP contribution in [0.15, 0.2) is 24.4 Å². The lowest BCUT2D eigenvalue weighted by atomic mass is 9.61. The van der Waals surface area contributed by atoms with E-state index in [2.05, 4.69) is 16.8 Å². The summed E-state index contributed by atoms with van der Waals surface area (Å²) in [5.41, 5.74) is 2.09. The van der Waals surface area contributed by atoms with Gasteiger partial charge in [-0.2, -0.15) is 0 Å². The molecule has 4 heteroatoms. The minimum Gasteiger partial charge on any atom is -0.351 e. The van der Waals surface area contributed by atoms with E-state index in [1.54, 1.807) is 0 Å². The summed E-state index contributed by atoms with van der Waals surface area (Å²) in [5.74, 6) is 0.996. The molecule has 3 aliphatic carbocycles. The lowest BCUT2D eigenvalue weighted by molar-refractivity contribution is 0.0598. The quantitative estimate of drug-likeness (QED) is 0.762. The van der Waals surface area contributed by atoms with Crippen molar-refractivity contribution in [2.24, 2.45) is 11.3 Å². The predicted octanol–water partition coefficient (Wildman–Crippen LogP) is 5.40. The van der Waals surface area contributed by atoms with Crippen molar-refractivity contribution in [3.05, 3.63) is 35.0 Å². The summed E-state index contributed by atoms with van der Waals surface area (Å²) in [6.07, 6.45) is 10.9. The molecule has 0 saturated heterocycles. The minimum atomic E-state index is 0.0455. The topological polar surface area (TPSA) is 34.0 Å². The van der Waals surface area contributed by atoms with Crippen LogP contribution in [-0.2, 0) is 6.54 Å². The molecular weight excluding hydrogens is 332 g/mol. The van der Waals surface area contributed by atoms with Gasteiger partial charge < -0.3 is 9.88 Å². The van der Waals surface area contributed by atoms with Gasteiger partial charge in [0.05, 0.1) is 16.1 Å². The molecule has 1 aromatic carbocycles. The molecule has 2 aromatic rings. The van der Waals surface area contributed by atoms with Crippen LogP contribution >= 0.6 is 11.6 Å². The van der Waals surface area contributed by atoms with Gasteiger partial charge in [-0.15, -0.1) is 0 Å². The number of carbonyl (C=O) groups is 1. The van der Waals surface area contributed by atoms with Gasteiger partial charge in [-0.25, -0.2) is 0 Å². The van der Waals surface area contributed by atoms with Gasteiger partial charge >= 0.3 is 0 Å². The zero-order valence-corrected chi connectivity index (χ0v) is 15.7. The Morgan fingerprint density at radius 1 is 1.28 bits per heavy atom. The number of rotatable bonds is 5. The number of para-hydroxylation sites is 1. The second-order valence-corrected chi connectivity index (χ2v) is 8.44. The summed E-state index contributed by atoms with van der Waals surface area (Å²) in [7, 11) is 0. The first-order valence-electron chi connectivity index (χ1n) is 9.67. The maximum Gasteiger partial charge on any atom is 0.253 e. The molecular formula is C21H27ClN2O. The van der Waals surface area contributed by atoms with Crippen molar-refractivity contribution in [2.75, 3.05) is 6.54 Å². The van der Waals surface area contributed by atoms with E-state index in [4.69, 9.17) is 11.6 Å². The van der Waals surface area contributed by atoms with Crippen molar-refractivity contribution in [2.45, 2.75) is 58.4 Å². The van der Waals surface area contributed by atoms with E-state index in [1.807, 2.05) is 24.4 Å². The molecule has 0 spiro atoms. The highest BCUT2D eigenvalue weighted by Gasteiger charge is 2.40. The molecule has 0 aliphatic heterocycles. The third-order valence-corrected chi connectivity index (χ3v) is 6.74. The predicted molar refractivity (Wildman–Crippen MR) is 103 cm³/mol. The van der Waals surface area contributed by atoms with Crippen LogP contribution in [-0.4, -0.2) is 17.0 Å². The van der Waals surface area contributed by atoms with Crippen molar-refractivity contribution < 1.29 is 4.79 Å². The number of nitrogens with zero attached hydrogens (tertiary/aromatic N) is 1. The molecule has 3 saturated carbocycles. The fraction of sp³-hybridized carbons (Fsp3) is 0.571. The number of nitrogens with one attached hydrogen (secondary N) is 1. The normalized spacial score (nSPS) is 25.4. The average Bonchev–Trinajstić information content (AvgIpc) is 3.02. The van der Waals surface area contributed by atoms with E-state index in [9.17, 15) is 4.79 Å². The van der Waals surface area contributed by atoms with Gasteiger partial charge in [0.25, 0.3) is 5.91 Å². The highest BCUT2D eigenvalue weighted by atomic mass is 35.5. The first-order valence-corrected chi connectivity index (χ1v) is 10.1. The molecule has 0 unspecified atom stereocenters. The Morgan fingerprint density at radius 2 is 2.00 bits per heavy atom. The summed E-state index contributed by atoms with van der Waals surface area (Å²) >= 11 is 6.41. The van der Waals surface area contributed by atoms with Crippen LogP contribution in [0.4, 0.5) is 0 Å². The smallest absolute Gasteiger partial charge is 0.253 e. The molecule has 3 nitrogen and oxygen atoms in total. The third kappa shape index (κ3) is 3.08.